The van der Waals surface area contributed by atoms with Crippen LogP contribution in [0, 0.1) is 17.6 Å². The fraction of sp³-hybridized carbons (Fsp3) is 0.333. The minimum absolute atomic E-state index is 0.0454. The zero-order valence-electron chi connectivity index (χ0n) is 18.5. The van der Waals surface area contributed by atoms with Crippen LogP contribution in [-0.2, 0) is 14.4 Å². The molecule has 184 valence electrons. The summed E-state index contributed by atoms with van der Waals surface area (Å²) in [6, 6.07) is 5.48. The fourth-order valence-electron chi connectivity index (χ4n) is 4.15. The summed E-state index contributed by atoms with van der Waals surface area (Å²) < 4.78 is 27.1. The molecule has 0 saturated carbocycles. The molecule has 1 N–H and O–H groups in total. The van der Waals surface area contributed by atoms with Crippen LogP contribution in [0.4, 0.5) is 8.78 Å². The SMILES string of the molecule is O=C(O)C[C@@H]1CCCN(C(=O)CCN2C(=O)/C(=C/c3cc(-c4ccc(F)c(F)c4)cs3)SC2=S)C1. The number of amides is 2. The molecule has 2 aliphatic rings. The van der Waals surface area contributed by atoms with Gasteiger partial charge in [-0.3, -0.25) is 19.3 Å². The standard InChI is InChI=1S/C24H22F2N2O4S3/c25-18-4-3-15(10-19(18)26)16-9-17(34-13-16)11-20-23(32)28(24(33)35-20)7-5-21(29)27-6-1-2-14(12-27)8-22(30)31/h3-4,9-11,13-14H,1-2,5-8,12H2,(H,30,31)/b20-11-/t14-/m0/s1. The fourth-order valence-corrected chi connectivity index (χ4v) is 6.37. The van der Waals surface area contributed by atoms with Crippen LogP contribution in [-0.4, -0.2) is 56.6 Å². The van der Waals surface area contributed by atoms with Crippen LogP contribution < -0.4 is 0 Å². The van der Waals surface area contributed by atoms with Gasteiger partial charge in [-0.25, -0.2) is 8.78 Å². The average Bonchev–Trinajstić information content (AvgIpc) is 3.38. The Morgan fingerprint density at radius 2 is 2.00 bits per heavy atom. The third-order valence-electron chi connectivity index (χ3n) is 5.90. The van der Waals surface area contributed by atoms with Gasteiger partial charge in [0.15, 0.2) is 11.6 Å². The number of hydrogen-bond donors (Lipinski definition) is 1. The highest BCUT2D eigenvalue weighted by Crippen LogP contribution is 2.35. The molecule has 1 aromatic heterocycles. The molecule has 3 heterocycles. The van der Waals surface area contributed by atoms with E-state index in [0.717, 1.165) is 41.6 Å². The number of benzene rings is 1. The van der Waals surface area contributed by atoms with Crippen molar-refractivity contribution in [1.82, 2.24) is 9.80 Å². The second-order valence-electron chi connectivity index (χ2n) is 8.40. The highest BCUT2D eigenvalue weighted by Gasteiger charge is 2.33. The molecule has 2 fully saturated rings. The van der Waals surface area contributed by atoms with E-state index < -0.39 is 17.6 Å². The number of nitrogens with zero attached hydrogens (tertiary/aromatic N) is 2. The van der Waals surface area contributed by atoms with E-state index in [0.29, 0.717) is 33.4 Å². The van der Waals surface area contributed by atoms with Crippen molar-refractivity contribution < 1.29 is 28.3 Å². The molecule has 0 spiro atoms. The molecule has 2 aliphatic heterocycles. The highest BCUT2D eigenvalue weighted by molar-refractivity contribution is 8.26. The number of thioether (sulfide) groups is 1. The minimum atomic E-state index is -0.923. The van der Waals surface area contributed by atoms with Crippen LogP contribution in [0.3, 0.4) is 0 Å². The molecule has 1 atom stereocenters. The van der Waals surface area contributed by atoms with Gasteiger partial charge >= 0.3 is 5.97 Å². The zero-order valence-corrected chi connectivity index (χ0v) is 21.0. The van der Waals surface area contributed by atoms with Gasteiger partial charge in [-0.2, -0.15) is 0 Å². The summed E-state index contributed by atoms with van der Waals surface area (Å²) in [7, 11) is 0. The quantitative estimate of drug-likeness (QED) is 0.397. The molecule has 0 radical (unpaired) electrons. The van der Waals surface area contributed by atoms with Crippen molar-refractivity contribution in [3.63, 3.8) is 0 Å². The number of carboxylic acid groups (broad SMARTS) is 1. The number of carbonyl (C=O) groups is 3. The number of halogens is 2. The minimum Gasteiger partial charge on any atom is -0.481 e. The summed E-state index contributed by atoms with van der Waals surface area (Å²) in [6.07, 6.45) is 3.41. The molecular weight excluding hydrogens is 514 g/mol. The van der Waals surface area contributed by atoms with E-state index in [9.17, 15) is 23.2 Å². The van der Waals surface area contributed by atoms with Crippen molar-refractivity contribution in [1.29, 1.82) is 0 Å². The zero-order chi connectivity index (χ0) is 25.1. The van der Waals surface area contributed by atoms with Gasteiger partial charge in [0.05, 0.1) is 4.91 Å². The first-order chi connectivity index (χ1) is 16.7. The lowest BCUT2D eigenvalue weighted by atomic mass is 9.94. The lowest BCUT2D eigenvalue weighted by molar-refractivity contribution is -0.141. The number of thiocarbonyl (C=S) groups is 1. The Hall–Kier alpha value is -2.63. The highest BCUT2D eigenvalue weighted by atomic mass is 32.2. The maximum Gasteiger partial charge on any atom is 0.303 e. The van der Waals surface area contributed by atoms with Crippen molar-refractivity contribution in [2.45, 2.75) is 25.7 Å². The van der Waals surface area contributed by atoms with E-state index in [1.165, 1.54) is 22.3 Å². The molecule has 4 rings (SSSR count). The molecule has 35 heavy (non-hydrogen) atoms. The van der Waals surface area contributed by atoms with Gasteiger partial charge in [0.2, 0.25) is 5.91 Å². The van der Waals surface area contributed by atoms with Crippen molar-refractivity contribution in [3.8, 4) is 11.1 Å². The first kappa shape index (κ1) is 25.5. The number of carbonyl (C=O) groups excluding carboxylic acids is 2. The number of piperidine rings is 1. The largest absolute Gasteiger partial charge is 0.481 e. The summed E-state index contributed by atoms with van der Waals surface area (Å²) in [4.78, 5) is 40.9. The Kier molecular flexibility index (Phi) is 7.98. The molecule has 0 aliphatic carbocycles. The Balaban J connectivity index is 1.37. The number of carboxylic acids is 1. The van der Waals surface area contributed by atoms with E-state index in [1.54, 1.807) is 22.4 Å². The lowest BCUT2D eigenvalue weighted by Crippen LogP contribution is -2.42. The number of thiophene rings is 1. The molecule has 2 saturated heterocycles. The van der Waals surface area contributed by atoms with Crippen LogP contribution in [0.25, 0.3) is 17.2 Å². The smallest absolute Gasteiger partial charge is 0.303 e. The van der Waals surface area contributed by atoms with Crippen LogP contribution in [0.2, 0.25) is 0 Å². The molecule has 6 nitrogen and oxygen atoms in total. The predicted octanol–water partition coefficient (Wildman–Crippen LogP) is 5.00. The van der Waals surface area contributed by atoms with Crippen molar-refractivity contribution in [2.75, 3.05) is 19.6 Å². The molecule has 0 unspecified atom stereocenters. The van der Waals surface area contributed by atoms with Gasteiger partial charge in [-0.05, 0) is 59.5 Å². The Bertz CT molecular complexity index is 1210. The monoisotopic (exact) mass is 536 g/mol. The summed E-state index contributed by atoms with van der Waals surface area (Å²) >= 11 is 7.88. The van der Waals surface area contributed by atoms with Gasteiger partial charge in [-0.15, -0.1) is 11.3 Å². The third-order valence-corrected chi connectivity index (χ3v) is 8.16. The summed E-state index contributed by atoms with van der Waals surface area (Å²) in [5.41, 5.74) is 1.25. The number of hydrogen-bond acceptors (Lipinski definition) is 6. The number of likely N-dealkylation sites (tertiary alicyclic amines) is 1. The number of rotatable bonds is 7. The van der Waals surface area contributed by atoms with Crippen molar-refractivity contribution in [3.05, 3.63) is 51.1 Å². The normalized spacial score (nSPS) is 19.6. The van der Waals surface area contributed by atoms with Crippen LogP contribution in [0.5, 0.6) is 0 Å². The first-order valence-corrected chi connectivity index (χ1v) is 13.1. The Morgan fingerprint density at radius 3 is 2.74 bits per heavy atom. The summed E-state index contributed by atoms with van der Waals surface area (Å²) in [6.45, 7) is 1.17. The van der Waals surface area contributed by atoms with Crippen molar-refractivity contribution >= 4 is 63.5 Å². The van der Waals surface area contributed by atoms with Gasteiger partial charge in [0, 0.05) is 37.4 Å². The van der Waals surface area contributed by atoms with E-state index in [2.05, 4.69) is 0 Å². The number of aliphatic carboxylic acids is 1. The van der Waals surface area contributed by atoms with E-state index in [-0.39, 0.29) is 37.1 Å². The van der Waals surface area contributed by atoms with E-state index in [4.69, 9.17) is 17.3 Å². The van der Waals surface area contributed by atoms with Gasteiger partial charge in [0.1, 0.15) is 4.32 Å². The lowest BCUT2D eigenvalue weighted by Gasteiger charge is -2.32. The Labute approximate surface area is 214 Å². The van der Waals surface area contributed by atoms with Gasteiger partial charge < -0.3 is 10.0 Å². The predicted molar refractivity (Wildman–Crippen MR) is 136 cm³/mol. The molecule has 11 heteroatoms. The van der Waals surface area contributed by atoms with Crippen molar-refractivity contribution in [2.24, 2.45) is 5.92 Å². The van der Waals surface area contributed by atoms with Crippen LogP contribution >= 0.6 is 35.3 Å². The van der Waals surface area contributed by atoms with E-state index in [1.807, 2.05) is 0 Å². The molecule has 1 aromatic carbocycles. The summed E-state index contributed by atoms with van der Waals surface area (Å²) in [5, 5.41) is 10.8. The van der Waals surface area contributed by atoms with Crippen LogP contribution in [0.15, 0.2) is 34.6 Å². The molecular formula is C24H22F2N2O4S3. The third kappa shape index (κ3) is 6.14. The average molecular weight is 537 g/mol. The van der Waals surface area contributed by atoms with Crippen LogP contribution in [0.1, 0.15) is 30.6 Å². The topological polar surface area (TPSA) is 77.9 Å². The molecule has 2 amide bonds. The first-order valence-electron chi connectivity index (χ1n) is 11.0. The maximum absolute atomic E-state index is 13.6. The second kappa shape index (κ2) is 11.0. The molecule has 0 bridgehead atoms. The van der Waals surface area contributed by atoms with E-state index >= 15 is 0 Å². The molecule has 2 aromatic rings. The maximum atomic E-state index is 13.6. The van der Waals surface area contributed by atoms with Gasteiger partial charge in [-0.1, -0.05) is 30.0 Å². The second-order valence-corrected chi connectivity index (χ2v) is 11.0. The van der Waals surface area contributed by atoms with Gasteiger partial charge in [0.25, 0.3) is 5.91 Å². The summed E-state index contributed by atoms with van der Waals surface area (Å²) in [5.74, 6) is -3.15. The Morgan fingerprint density at radius 1 is 1.20 bits per heavy atom.